The summed E-state index contributed by atoms with van der Waals surface area (Å²) in [5.41, 5.74) is 2.00. The molecule has 0 saturated carbocycles. The standard InChI is InChI=1S/C8H15NS/c1-3-4-5-8-7(2)9-6-10-8/h6-8H,3-5H2,1-2H3. The summed E-state index contributed by atoms with van der Waals surface area (Å²) in [5, 5.41) is 0.778. The van der Waals surface area contributed by atoms with Gasteiger partial charge in [0.2, 0.25) is 0 Å². The molecule has 2 heteroatoms. The third kappa shape index (κ3) is 2.01. The molecule has 1 heterocycles. The SMILES string of the molecule is CCCCC1SC=NC1C. The summed E-state index contributed by atoms with van der Waals surface area (Å²) in [5.74, 6) is 0. The van der Waals surface area contributed by atoms with Crippen molar-refractivity contribution in [2.75, 3.05) is 0 Å². The molecule has 0 saturated heterocycles. The Morgan fingerprint density at radius 1 is 1.60 bits per heavy atom. The van der Waals surface area contributed by atoms with Crippen LogP contribution in [-0.4, -0.2) is 16.8 Å². The summed E-state index contributed by atoms with van der Waals surface area (Å²) < 4.78 is 0. The van der Waals surface area contributed by atoms with Crippen LogP contribution in [0.1, 0.15) is 33.1 Å². The Morgan fingerprint density at radius 3 is 2.90 bits per heavy atom. The third-order valence-corrected chi connectivity index (χ3v) is 3.13. The van der Waals surface area contributed by atoms with Crippen molar-refractivity contribution < 1.29 is 0 Å². The van der Waals surface area contributed by atoms with Crippen LogP contribution in [0.15, 0.2) is 4.99 Å². The zero-order valence-electron chi connectivity index (χ0n) is 6.71. The van der Waals surface area contributed by atoms with Crippen LogP contribution in [0.5, 0.6) is 0 Å². The van der Waals surface area contributed by atoms with E-state index >= 15 is 0 Å². The summed E-state index contributed by atoms with van der Waals surface area (Å²) in [6.45, 7) is 4.45. The van der Waals surface area contributed by atoms with E-state index in [1.807, 2.05) is 17.3 Å². The Balaban J connectivity index is 2.17. The summed E-state index contributed by atoms with van der Waals surface area (Å²) in [6.07, 6.45) is 4.00. The second kappa shape index (κ2) is 4.02. The first-order chi connectivity index (χ1) is 4.84. The minimum absolute atomic E-state index is 0.566. The lowest BCUT2D eigenvalue weighted by Gasteiger charge is -2.11. The van der Waals surface area contributed by atoms with Gasteiger partial charge in [0.15, 0.2) is 0 Å². The monoisotopic (exact) mass is 157 g/mol. The van der Waals surface area contributed by atoms with Crippen LogP contribution in [0.3, 0.4) is 0 Å². The fraction of sp³-hybridized carbons (Fsp3) is 0.875. The minimum Gasteiger partial charge on any atom is -0.282 e. The molecule has 1 nitrogen and oxygen atoms in total. The van der Waals surface area contributed by atoms with Gasteiger partial charge in [-0.1, -0.05) is 19.8 Å². The fourth-order valence-corrected chi connectivity index (χ4v) is 2.15. The Bertz CT molecular complexity index is 122. The lowest BCUT2D eigenvalue weighted by atomic mass is 10.1. The molecule has 0 radical (unpaired) electrons. The van der Waals surface area contributed by atoms with E-state index in [1.54, 1.807) is 0 Å². The number of rotatable bonds is 3. The number of nitrogens with zero attached hydrogens (tertiary/aromatic N) is 1. The molecule has 58 valence electrons. The number of thioether (sulfide) groups is 1. The molecule has 0 aromatic heterocycles. The summed E-state index contributed by atoms with van der Waals surface area (Å²) >= 11 is 1.90. The van der Waals surface area contributed by atoms with Gasteiger partial charge >= 0.3 is 0 Å². The van der Waals surface area contributed by atoms with Crippen LogP contribution >= 0.6 is 11.8 Å². The first kappa shape index (κ1) is 8.12. The molecule has 1 aliphatic rings. The molecule has 0 amide bonds. The van der Waals surface area contributed by atoms with Crippen LogP contribution in [0.2, 0.25) is 0 Å². The quantitative estimate of drug-likeness (QED) is 0.613. The van der Waals surface area contributed by atoms with Crippen LogP contribution < -0.4 is 0 Å². The predicted molar refractivity (Wildman–Crippen MR) is 48.9 cm³/mol. The van der Waals surface area contributed by atoms with Crippen LogP contribution in [0.25, 0.3) is 0 Å². The summed E-state index contributed by atoms with van der Waals surface area (Å²) in [6, 6.07) is 0.566. The van der Waals surface area contributed by atoms with Crippen molar-refractivity contribution in [1.82, 2.24) is 0 Å². The van der Waals surface area contributed by atoms with Gasteiger partial charge in [-0.3, -0.25) is 4.99 Å². The molecule has 2 atom stereocenters. The van der Waals surface area contributed by atoms with E-state index in [-0.39, 0.29) is 0 Å². The first-order valence-corrected chi connectivity index (χ1v) is 4.96. The molecule has 0 aliphatic carbocycles. The summed E-state index contributed by atoms with van der Waals surface area (Å²) in [4.78, 5) is 4.31. The molecule has 1 rings (SSSR count). The average Bonchev–Trinajstić information content (AvgIpc) is 2.31. The maximum absolute atomic E-state index is 4.31. The largest absolute Gasteiger partial charge is 0.282 e. The van der Waals surface area contributed by atoms with E-state index in [0.29, 0.717) is 6.04 Å². The second-order valence-electron chi connectivity index (χ2n) is 2.81. The molecule has 0 spiro atoms. The van der Waals surface area contributed by atoms with Gasteiger partial charge in [0.05, 0.1) is 11.6 Å². The van der Waals surface area contributed by atoms with Crippen LogP contribution in [0, 0.1) is 0 Å². The zero-order chi connectivity index (χ0) is 7.40. The van der Waals surface area contributed by atoms with E-state index in [1.165, 1.54) is 19.3 Å². The maximum Gasteiger partial charge on any atom is 0.0600 e. The van der Waals surface area contributed by atoms with Crippen molar-refractivity contribution in [3.63, 3.8) is 0 Å². The minimum atomic E-state index is 0.566. The van der Waals surface area contributed by atoms with Crippen molar-refractivity contribution in [3.05, 3.63) is 0 Å². The Kier molecular flexibility index (Phi) is 3.26. The second-order valence-corrected chi connectivity index (χ2v) is 3.90. The third-order valence-electron chi connectivity index (χ3n) is 1.91. The van der Waals surface area contributed by atoms with Crippen LogP contribution in [0.4, 0.5) is 0 Å². The van der Waals surface area contributed by atoms with E-state index in [9.17, 15) is 0 Å². The molecule has 0 N–H and O–H groups in total. The van der Waals surface area contributed by atoms with Gasteiger partial charge < -0.3 is 0 Å². The molecule has 1 aliphatic heterocycles. The molecule has 10 heavy (non-hydrogen) atoms. The smallest absolute Gasteiger partial charge is 0.0600 e. The fourth-order valence-electron chi connectivity index (χ4n) is 1.13. The Morgan fingerprint density at radius 2 is 2.40 bits per heavy atom. The lowest BCUT2D eigenvalue weighted by Crippen LogP contribution is -2.12. The van der Waals surface area contributed by atoms with E-state index in [4.69, 9.17) is 0 Å². The number of hydrogen-bond donors (Lipinski definition) is 0. The van der Waals surface area contributed by atoms with Crippen molar-refractivity contribution in [1.29, 1.82) is 0 Å². The average molecular weight is 157 g/mol. The highest BCUT2D eigenvalue weighted by molar-refractivity contribution is 8.12. The maximum atomic E-state index is 4.31. The predicted octanol–water partition coefficient (Wildman–Crippen LogP) is 2.71. The van der Waals surface area contributed by atoms with Gasteiger partial charge in [-0.25, -0.2) is 0 Å². The Labute approximate surface area is 67.3 Å². The highest BCUT2D eigenvalue weighted by Gasteiger charge is 2.19. The number of hydrogen-bond acceptors (Lipinski definition) is 2. The number of aliphatic imine (C=N–C) groups is 1. The van der Waals surface area contributed by atoms with Gasteiger partial charge in [-0.15, -0.1) is 11.8 Å². The van der Waals surface area contributed by atoms with Crippen molar-refractivity contribution in [3.8, 4) is 0 Å². The van der Waals surface area contributed by atoms with Crippen molar-refractivity contribution in [2.24, 2.45) is 4.99 Å². The number of unbranched alkanes of at least 4 members (excludes halogenated alkanes) is 1. The summed E-state index contributed by atoms with van der Waals surface area (Å²) in [7, 11) is 0. The van der Waals surface area contributed by atoms with E-state index < -0.39 is 0 Å². The topological polar surface area (TPSA) is 12.4 Å². The van der Waals surface area contributed by atoms with Crippen molar-refractivity contribution in [2.45, 2.75) is 44.4 Å². The molecule has 0 aromatic carbocycles. The normalized spacial score (nSPS) is 31.4. The van der Waals surface area contributed by atoms with Crippen LogP contribution in [-0.2, 0) is 0 Å². The van der Waals surface area contributed by atoms with Gasteiger partial charge in [0, 0.05) is 5.25 Å². The van der Waals surface area contributed by atoms with E-state index in [0.717, 1.165) is 5.25 Å². The van der Waals surface area contributed by atoms with Gasteiger partial charge in [-0.2, -0.15) is 0 Å². The molecule has 0 fully saturated rings. The van der Waals surface area contributed by atoms with Gasteiger partial charge in [0.1, 0.15) is 0 Å². The van der Waals surface area contributed by atoms with Gasteiger partial charge in [-0.05, 0) is 13.3 Å². The first-order valence-electron chi connectivity index (χ1n) is 4.01. The highest BCUT2D eigenvalue weighted by Crippen LogP contribution is 2.25. The van der Waals surface area contributed by atoms with Crippen molar-refractivity contribution >= 4 is 17.3 Å². The van der Waals surface area contributed by atoms with Gasteiger partial charge in [0.25, 0.3) is 0 Å². The molecular weight excluding hydrogens is 142 g/mol. The molecular formula is C8H15NS. The highest BCUT2D eigenvalue weighted by atomic mass is 32.2. The Hall–Kier alpha value is 0.0200. The zero-order valence-corrected chi connectivity index (χ0v) is 7.53. The van der Waals surface area contributed by atoms with E-state index in [2.05, 4.69) is 18.8 Å². The molecule has 0 bridgehead atoms. The molecule has 2 unspecified atom stereocenters. The molecule has 0 aromatic rings. The lowest BCUT2D eigenvalue weighted by molar-refractivity contribution is 0.618.